The Morgan fingerprint density at radius 1 is 0.357 bits per heavy atom. The van der Waals surface area contributed by atoms with Gasteiger partial charge in [0.25, 0.3) is 0 Å². The van der Waals surface area contributed by atoms with Crippen molar-refractivity contribution in [3.05, 3.63) is 162 Å². The van der Waals surface area contributed by atoms with Crippen LogP contribution in [0.15, 0.2) is 162 Å². The van der Waals surface area contributed by atoms with E-state index >= 15 is 0 Å². The molecule has 1 heterocycles. The number of hydrogen-bond acceptors (Lipinski definition) is 0. The Hall–Kier alpha value is -4.92. The molecule has 0 bridgehead atoms. The molecule has 1 aromatic heterocycles. The highest BCUT2D eigenvalue weighted by Gasteiger charge is 2.15. The van der Waals surface area contributed by atoms with E-state index in [4.69, 9.17) is 0 Å². The Morgan fingerprint density at radius 2 is 0.929 bits per heavy atom. The summed E-state index contributed by atoms with van der Waals surface area (Å²) in [4.78, 5) is 0. The van der Waals surface area contributed by atoms with Crippen molar-refractivity contribution in [1.29, 1.82) is 0 Å². The molecule has 0 amide bonds. The first-order valence-electron chi connectivity index (χ1n) is 14.2. The molecule has 0 fully saturated rings. The lowest BCUT2D eigenvalue weighted by molar-refractivity contribution is 1.18. The van der Waals surface area contributed by atoms with Crippen LogP contribution in [0.2, 0.25) is 0 Å². The van der Waals surface area contributed by atoms with Crippen LogP contribution in [0.4, 0.5) is 0 Å². The molecular formula is C40H26BrN. The number of nitrogens with zero attached hydrogens (tertiary/aromatic N) is 1. The number of para-hydroxylation sites is 2. The van der Waals surface area contributed by atoms with Gasteiger partial charge in [0.05, 0.1) is 11.0 Å². The van der Waals surface area contributed by atoms with Gasteiger partial charge in [0, 0.05) is 20.9 Å². The van der Waals surface area contributed by atoms with Crippen molar-refractivity contribution in [1.82, 2.24) is 4.57 Å². The van der Waals surface area contributed by atoms with E-state index in [1.54, 1.807) is 0 Å². The summed E-state index contributed by atoms with van der Waals surface area (Å²) >= 11 is 3.85. The summed E-state index contributed by atoms with van der Waals surface area (Å²) in [5.74, 6) is 0. The normalized spacial score (nSPS) is 11.5. The molecule has 0 aliphatic heterocycles. The fourth-order valence-electron chi connectivity index (χ4n) is 6.34. The van der Waals surface area contributed by atoms with Crippen LogP contribution in [0.3, 0.4) is 0 Å². The van der Waals surface area contributed by atoms with Crippen molar-refractivity contribution < 1.29 is 0 Å². The summed E-state index contributed by atoms with van der Waals surface area (Å²) in [6.45, 7) is 0. The number of halogens is 1. The van der Waals surface area contributed by atoms with Crippen molar-refractivity contribution in [3.8, 4) is 39.1 Å². The minimum absolute atomic E-state index is 1.06. The first-order chi connectivity index (χ1) is 20.7. The molecule has 8 rings (SSSR count). The lowest BCUT2D eigenvalue weighted by Gasteiger charge is -2.14. The van der Waals surface area contributed by atoms with E-state index in [0.717, 1.165) is 4.47 Å². The van der Waals surface area contributed by atoms with Gasteiger partial charge < -0.3 is 4.57 Å². The molecule has 0 aliphatic carbocycles. The van der Waals surface area contributed by atoms with Crippen LogP contribution in [-0.2, 0) is 0 Å². The SMILES string of the molecule is Brc1cc(-c2ccc3c4ccccc4n(-c4ccccc4)c3c2)cc(-c2ccc(-c3ccccc3)c3ccccc23)c1. The molecule has 42 heavy (non-hydrogen) atoms. The molecule has 0 aliphatic rings. The predicted molar refractivity (Wildman–Crippen MR) is 182 cm³/mol. The van der Waals surface area contributed by atoms with Gasteiger partial charge in [-0.25, -0.2) is 0 Å². The summed E-state index contributed by atoms with van der Waals surface area (Å²) in [6.07, 6.45) is 0. The zero-order valence-electron chi connectivity index (χ0n) is 22.8. The average Bonchev–Trinajstić information content (AvgIpc) is 3.38. The molecule has 8 aromatic rings. The highest BCUT2D eigenvalue weighted by atomic mass is 79.9. The number of aromatic nitrogens is 1. The third kappa shape index (κ3) is 4.15. The van der Waals surface area contributed by atoms with E-state index in [1.165, 1.54) is 71.6 Å². The predicted octanol–water partition coefficient (Wildman–Crippen LogP) is 11.7. The summed E-state index contributed by atoms with van der Waals surface area (Å²) in [7, 11) is 0. The van der Waals surface area contributed by atoms with Crippen LogP contribution in [0.1, 0.15) is 0 Å². The second-order valence-corrected chi connectivity index (χ2v) is 11.6. The summed E-state index contributed by atoms with van der Waals surface area (Å²) in [6, 6.07) is 56.9. The van der Waals surface area contributed by atoms with Gasteiger partial charge in [-0.2, -0.15) is 0 Å². The largest absolute Gasteiger partial charge is 0.309 e. The van der Waals surface area contributed by atoms with E-state index in [-0.39, 0.29) is 0 Å². The van der Waals surface area contributed by atoms with E-state index in [0.29, 0.717) is 0 Å². The Bertz CT molecular complexity index is 2240. The lowest BCUT2D eigenvalue weighted by Crippen LogP contribution is -1.93. The van der Waals surface area contributed by atoms with Gasteiger partial charge in [0.1, 0.15) is 0 Å². The third-order valence-corrected chi connectivity index (χ3v) is 8.70. The molecule has 0 N–H and O–H groups in total. The number of rotatable bonds is 4. The van der Waals surface area contributed by atoms with Crippen molar-refractivity contribution in [3.63, 3.8) is 0 Å². The van der Waals surface area contributed by atoms with Gasteiger partial charge in [-0.3, -0.25) is 0 Å². The maximum atomic E-state index is 3.85. The second kappa shape index (κ2) is 10.2. The minimum Gasteiger partial charge on any atom is -0.309 e. The van der Waals surface area contributed by atoms with Crippen molar-refractivity contribution in [2.24, 2.45) is 0 Å². The highest BCUT2D eigenvalue weighted by Crippen LogP contribution is 2.40. The number of hydrogen-bond donors (Lipinski definition) is 0. The first-order valence-corrected chi connectivity index (χ1v) is 15.0. The fourth-order valence-corrected chi connectivity index (χ4v) is 6.83. The topological polar surface area (TPSA) is 4.93 Å². The molecule has 7 aromatic carbocycles. The van der Waals surface area contributed by atoms with Crippen molar-refractivity contribution in [2.75, 3.05) is 0 Å². The Morgan fingerprint density at radius 3 is 1.67 bits per heavy atom. The van der Waals surface area contributed by atoms with E-state index in [9.17, 15) is 0 Å². The number of fused-ring (bicyclic) bond motifs is 4. The molecule has 1 nitrogen and oxygen atoms in total. The van der Waals surface area contributed by atoms with Crippen LogP contribution in [0.25, 0.3) is 71.6 Å². The zero-order valence-corrected chi connectivity index (χ0v) is 24.4. The van der Waals surface area contributed by atoms with Crippen LogP contribution in [0.5, 0.6) is 0 Å². The second-order valence-electron chi connectivity index (χ2n) is 10.7. The maximum absolute atomic E-state index is 3.85. The Kier molecular flexibility index (Phi) is 6.01. The molecule has 0 atom stereocenters. The molecule has 0 radical (unpaired) electrons. The Labute approximate surface area is 253 Å². The third-order valence-electron chi connectivity index (χ3n) is 8.24. The summed E-state index contributed by atoms with van der Waals surface area (Å²) < 4.78 is 3.44. The van der Waals surface area contributed by atoms with E-state index in [2.05, 4.69) is 178 Å². The zero-order chi connectivity index (χ0) is 28.0. The van der Waals surface area contributed by atoms with Crippen LogP contribution >= 0.6 is 15.9 Å². The van der Waals surface area contributed by atoms with Gasteiger partial charge in [-0.15, -0.1) is 0 Å². The van der Waals surface area contributed by atoms with Crippen LogP contribution < -0.4 is 0 Å². The Balaban J connectivity index is 1.31. The minimum atomic E-state index is 1.06. The maximum Gasteiger partial charge on any atom is 0.0547 e. The van der Waals surface area contributed by atoms with Gasteiger partial charge in [0.15, 0.2) is 0 Å². The standard InChI is InChI=1S/C40H26BrN/c41-31-24-29(23-30(25-31)34-22-21-33(27-11-3-1-4-12-27)35-15-7-8-16-36(34)35)28-19-20-38-37-17-9-10-18-39(37)42(40(38)26-28)32-13-5-2-6-14-32/h1-26H. The lowest BCUT2D eigenvalue weighted by atomic mass is 9.91. The van der Waals surface area contributed by atoms with Crippen molar-refractivity contribution in [2.45, 2.75) is 0 Å². The van der Waals surface area contributed by atoms with E-state index < -0.39 is 0 Å². The molecular weight excluding hydrogens is 574 g/mol. The smallest absolute Gasteiger partial charge is 0.0547 e. The molecule has 198 valence electrons. The summed E-state index contributed by atoms with van der Waals surface area (Å²) in [5.41, 5.74) is 10.9. The summed E-state index contributed by atoms with van der Waals surface area (Å²) in [5, 5.41) is 5.04. The number of benzene rings is 7. The van der Waals surface area contributed by atoms with Crippen LogP contribution in [0, 0.1) is 0 Å². The first kappa shape index (κ1) is 24.8. The van der Waals surface area contributed by atoms with E-state index in [1.807, 2.05) is 0 Å². The van der Waals surface area contributed by atoms with Crippen molar-refractivity contribution >= 4 is 48.5 Å². The monoisotopic (exact) mass is 599 g/mol. The quantitative estimate of drug-likeness (QED) is 0.189. The molecule has 0 saturated carbocycles. The molecule has 0 spiro atoms. The van der Waals surface area contributed by atoms with Gasteiger partial charge >= 0.3 is 0 Å². The van der Waals surface area contributed by atoms with Gasteiger partial charge in [-0.05, 0) is 86.6 Å². The molecule has 2 heteroatoms. The average molecular weight is 601 g/mol. The molecule has 0 saturated heterocycles. The van der Waals surface area contributed by atoms with Crippen LogP contribution in [-0.4, -0.2) is 4.57 Å². The van der Waals surface area contributed by atoms with Gasteiger partial charge in [-0.1, -0.05) is 131 Å². The highest BCUT2D eigenvalue weighted by molar-refractivity contribution is 9.10. The van der Waals surface area contributed by atoms with Gasteiger partial charge in [0.2, 0.25) is 0 Å². The fraction of sp³-hybridized carbons (Fsp3) is 0. The molecule has 0 unspecified atom stereocenters.